The molecule has 1 radical (unpaired) electrons. The molecular weight excluding hydrogens is 200 g/mol. The van der Waals surface area contributed by atoms with Gasteiger partial charge in [-0.2, -0.15) is 0 Å². The smallest absolute Gasteiger partial charge is 0.0656 e. The number of hydrogen-bond donors (Lipinski definition) is 0. The van der Waals surface area contributed by atoms with Gasteiger partial charge in [-0.25, -0.2) is 0 Å². The zero-order valence-corrected chi connectivity index (χ0v) is 12.2. The Morgan fingerprint density at radius 3 is 1.93 bits per heavy atom. The van der Waals surface area contributed by atoms with Crippen molar-refractivity contribution in [2.45, 2.75) is 39.3 Å². The molecular formula is C12H21Si2. The molecule has 14 heavy (non-hydrogen) atoms. The molecule has 0 saturated heterocycles. The lowest BCUT2D eigenvalue weighted by molar-refractivity contribution is 1.66. The van der Waals surface area contributed by atoms with Crippen LogP contribution in [0, 0.1) is 6.07 Å². The van der Waals surface area contributed by atoms with Crippen LogP contribution in [0.1, 0.15) is 0 Å². The van der Waals surface area contributed by atoms with Crippen LogP contribution in [0.15, 0.2) is 18.2 Å². The highest BCUT2D eigenvalue weighted by Gasteiger charge is 2.21. The van der Waals surface area contributed by atoms with E-state index in [-0.39, 0.29) is 0 Å². The number of hydrogen-bond acceptors (Lipinski definition) is 0. The third-order valence-electron chi connectivity index (χ3n) is 2.48. The summed E-state index contributed by atoms with van der Waals surface area (Å²) < 4.78 is 0. The van der Waals surface area contributed by atoms with Crippen LogP contribution in [0.3, 0.4) is 0 Å². The van der Waals surface area contributed by atoms with Gasteiger partial charge in [-0.15, -0.1) is 0 Å². The summed E-state index contributed by atoms with van der Waals surface area (Å²) in [6.07, 6.45) is 0. The molecule has 1 rings (SSSR count). The monoisotopic (exact) mass is 221 g/mol. The minimum Gasteiger partial charge on any atom is -0.0656 e. The molecule has 1 aromatic carbocycles. The van der Waals surface area contributed by atoms with Crippen molar-refractivity contribution < 1.29 is 0 Å². The second-order valence-corrected chi connectivity index (χ2v) is 16.1. The Bertz CT molecular complexity index is 287. The molecule has 0 aliphatic rings. The lowest BCUT2D eigenvalue weighted by Gasteiger charge is -2.21. The summed E-state index contributed by atoms with van der Waals surface area (Å²) in [4.78, 5) is 0. The molecule has 0 saturated carbocycles. The molecule has 0 spiro atoms. The molecule has 0 aromatic heterocycles. The van der Waals surface area contributed by atoms with Crippen LogP contribution in [0.25, 0.3) is 0 Å². The topological polar surface area (TPSA) is 0 Å². The molecule has 0 aliphatic carbocycles. The van der Waals surface area contributed by atoms with E-state index in [0.29, 0.717) is 0 Å². The van der Waals surface area contributed by atoms with Crippen molar-refractivity contribution in [2.24, 2.45) is 0 Å². The van der Waals surface area contributed by atoms with Crippen LogP contribution in [0.2, 0.25) is 39.3 Å². The minimum atomic E-state index is -1.18. The summed E-state index contributed by atoms with van der Waals surface area (Å²) >= 11 is 0. The van der Waals surface area contributed by atoms with Crippen LogP contribution in [0.4, 0.5) is 0 Å². The number of benzene rings is 1. The maximum Gasteiger partial charge on any atom is 0.0784 e. The van der Waals surface area contributed by atoms with Gasteiger partial charge in [0.25, 0.3) is 0 Å². The first-order chi connectivity index (χ1) is 6.21. The molecule has 0 nitrogen and oxygen atoms in total. The zero-order chi connectivity index (χ0) is 11.0. The predicted molar refractivity (Wildman–Crippen MR) is 71.2 cm³/mol. The zero-order valence-electron chi connectivity index (χ0n) is 10.2. The van der Waals surface area contributed by atoms with E-state index in [4.69, 9.17) is 0 Å². The first-order valence-corrected chi connectivity index (χ1v) is 12.2. The van der Waals surface area contributed by atoms with Gasteiger partial charge in [0.15, 0.2) is 0 Å². The Kier molecular flexibility index (Phi) is 3.07. The second-order valence-electron chi connectivity index (χ2n) is 5.99. The van der Waals surface area contributed by atoms with E-state index in [1.165, 1.54) is 5.19 Å². The van der Waals surface area contributed by atoms with Gasteiger partial charge in [0.05, 0.1) is 16.1 Å². The average Bonchev–Trinajstić information content (AvgIpc) is 2.01. The Balaban J connectivity index is 3.15. The molecule has 0 aliphatic heterocycles. The summed E-state index contributed by atoms with van der Waals surface area (Å²) in [5, 5.41) is 3.03. The summed E-state index contributed by atoms with van der Waals surface area (Å²) in [6.45, 7) is 14.3. The lowest BCUT2D eigenvalue weighted by Crippen LogP contribution is -2.44. The highest BCUT2D eigenvalue weighted by atomic mass is 28.3. The van der Waals surface area contributed by atoms with E-state index >= 15 is 0 Å². The Morgan fingerprint density at radius 1 is 0.929 bits per heavy atom. The fourth-order valence-corrected chi connectivity index (χ4v) is 3.78. The lowest BCUT2D eigenvalue weighted by atomic mass is 10.4. The molecule has 0 unspecified atom stereocenters. The van der Waals surface area contributed by atoms with E-state index in [1.54, 1.807) is 5.19 Å². The molecule has 0 N–H and O–H groups in total. The molecule has 2 heteroatoms. The standard InChI is InChI=1S/C12H21Si2/c1-13(2,3)11-8-7-9-12(10-11)14(4,5)6/h7-8,10H,1-6H3. The van der Waals surface area contributed by atoms with Crippen LogP contribution in [-0.4, -0.2) is 16.1 Å². The average molecular weight is 221 g/mol. The van der Waals surface area contributed by atoms with Crippen molar-refractivity contribution in [1.29, 1.82) is 0 Å². The van der Waals surface area contributed by atoms with Crippen molar-refractivity contribution in [1.82, 2.24) is 0 Å². The van der Waals surface area contributed by atoms with Crippen molar-refractivity contribution in [3.8, 4) is 0 Å². The van der Waals surface area contributed by atoms with Crippen LogP contribution in [-0.2, 0) is 0 Å². The van der Waals surface area contributed by atoms with Gasteiger partial charge in [-0.3, -0.25) is 0 Å². The van der Waals surface area contributed by atoms with Crippen LogP contribution < -0.4 is 10.4 Å². The van der Waals surface area contributed by atoms with Crippen molar-refractivity contribution >= 4 is 26.5 Å². The van der Waals surface area contributed by atoms with Gasteiger partial charge < -0.3 is 0 Å². The molecule has 0 atom stereocenters. The van der Waals surface area contributed by atoms with Crippen LogP contribution >= 0.6 is 0 Å². The van der Waals surface area contributed by atoms with E-state index in [9.17, 15) is 0 Å². The van der Waals surface area contributed by atoms with E-state index in [0.717, 1.165) is 0 Å². The van der Waals surface area contributed by atoms with Gasteiger partial charge in [0.2, 0.25) is 0 Å². The predicted octanol–water partition coefficient (Wildman–Crippen LogP) is 2.58. The molecule has 77 valence electrons. The molecule has 0 fully saturated rings. The highest BCUT2D eigenvalue weighted by Crippen LogP contribution is 2.04. The Labute approximate surface area is 90.4 Å². The maximum absolute atomic E-state index is 3.40. The summed E-state index contributed by atoms with van der Waals surface area (Å²) in [5.74, 6) is 0. The van der Waals surface area contributed by atoms with Crippen LogP contribution in [0.5, 0.6) is 0 Å². The third-order valence-corrected chi connectivity index (χ3v) is 6.42. The summed E-state index contributed by atoms with van der Waals surface area (Å²) in [6, 6.07) is 10.2. The van der Waals surface area contributed by atoms with Crippen molar-refractivity contribution in [2.75, 3.05) is 0 Å². The largest absolute Gasteiger partial charge is 0.0784 e. The van der Waals surface area contributed by atoms with Crippen molar-refractivity contribution in [3.63, 3.8) is 0 Å². The van der Waals surface area contributed by atoms with Gasteiger partial charge >= 0.3 is 0 Å². The molecule has 0 amide bonds. The Hall–Kier alpha value is -0.346. The minimum absolute atomic E-state index is 1.14. The van der Waals surface area contributed by atoms with Gasteiger partial charge in [0.1, 0.15) is 0 Å². The fraction of sp³-hybridized carbons (Fsp3) is 0.500. The highest BCUT2D eigenvalue weighted by molar-refractivity contribution is 6.91. The van der Waals surface area contributed by atoms with E-state index in [1.807, 2.05) is 0 Å². The molecule has 1 aromatic rings. The van der Waals surface area contributed by atoms with Gasteiger partial charge in [-0.1, -0.05) is 67.9 Å². The first kappa shape index (κ1) is 11.7. The van der Waals surface area contributed by atoms with E-state index in [2.05, 4.69) is 63.5 Å². The maximum atomic E-state index is 3.40. The summed E-state index contributed by atoms with van der Waals surface area (Å²) in [7, 11) is -2.32. The number of rotatable bonds is 2. The third kappa shape index (κ3) is 2.82. The molecule has 0 bridgehead atoms. The first-order valence-electron chi connectivity index (χ1n) is 5.24. The second kappa shape index (κ2) is 3.67. The van der Waals surface area contributed by atoms with Gasteiger partial charge in [0, 0.05) is 0 Å². The van der Waals surface area contributed by atoms with Crippen molar-refractivity contribution in [3.05, 3.63) is 24.3 Å². The Morgan fingerprint density at radius 2 is 1.50 bits per heavy atom. The van der Waals surface area contributed by atoms with E-state index < -0.39 is 16.1 Å². The summed E-state index contributed by atoms with van der Waals surface area (Å²) in [5.41, 5.74) is 0. The normalized spacial score (nSPS) is 13.0. The fourth-order valence-electron chi connectivity index (χ4n) is 1.37. The van der Waals surface area contributed by atoms with Gasteiger partial charge in [-0.05, 0) is 6.07 Å². The quantitative estimate of drug-likeness (QED) is 0.674. The molecule has 0 heterocycles. The SMILES string of the molecule is C[Si](C)(C)c1[c]ccc([Si](C)(C)C)c1.